The molecule has 90 valence electrons. The summed E-state index contributed by atoms with van der Waals surface area (Å²) in [6.07, 6.45) is -0.194. The third-order valence-corrected chi connectivity index (χ3v) is 3.87. The number of hydrogen-bond acceptors (Lipinski definition) is 5. The van der Waals surface area contributed by atoms with E-state index in [1.54, 1.807) is 11.3 Å². The number of ether oxygens (including phenoxy) is 1. The van der Waals surface area contributed by atoms with E-state index in [9.17, 15) is 5.11 Å². The van der Waals surface area contributed by atoms with Crippen LogP contribution >= 0.6 is 11.3 Å². The average molecular weight is 250 g/mol. The molecule has 1 aliphatic rings. The minimum Gasteiger partial charge on any atom is -0.494 e. The number of β-amino-alcohol motifs (C(OH)–C–C–N with tert-alkyl or cyclic N) is 1. The van der Waals surface area contributed by atoms with Crippen LogP contribution in [0.5, 0.6) is 5.75 Å². The summed E-state index contributed by atoms with van der Waals surface area (Å²) in [5.74, 6) is 0.888. The van der Waals surface area contributed by atoms with Crippen molar-refractivity contribution in [1.82, 2.24) is 4.98 Å². The van der Waals surface area contributed by atoms with Crippen LogP contribution in [0.1, 0.15) is 6.92 Å². The molecule has 17 heavy (non-hydrogen) atoms. The Bertz CT molecular complexity index is 534. The molecular formula is C12H14N2O2S. The number of anilines is 1. The van der Waals surface area contributed by atoms with Gasteiger partial charge in [-0.25, -0.2) is 4.98 Å². The van der Waals surface area contributed by atoms with Gasteiger partial charge in [0.15, 0.2) is 5.13 Å². The fourth-order valence-corrected chi connectivity index (χ4v) is 2.91. The third kappa shape index (κ3) is 1.96. The Balaban J connectivity index is 1.90. The molecule has 4 nitrogen and oxygen atoms in total. The highest BCUT2D eigenvalue weighted by molar-refractivity contribution is 7.22. The van der Waals surface area contributed by atoms with Crippen molar-refractivity contribution in [3.8, 4) is 5.75 Å². The van der Waals surface area contributed by atoms with E-state index >= 15 is 0 Å². The van der Waals surface area contributed by atoms with Gasteiger partial charge in [0.2, 0.25) is 0 Å². The molecule has 1 saturated heterocycles. The van der Waals surface area contributed by atoms with Crippen LogP contribution in [0.15, 0.2) is 18.2 Å². The Morgan fingerprint density at radius 1 is 1.53 bits per heavy atom. The van der Waals surface area contributed by atoms with Crippen LogP contribution in [0.25, 0.3) is 10.2 Å². The molecule has 1 N–H and O–H groups in total. The van der Waals surface area contributed by atoms with Crippen LogP contribution in [0.3, 0.4) is 0 Å². The average Bonchev–Trinajstić information content (AvgIpc) is 2.67. The van der Waals surface area contributed by atoms with Gasteiger partial charge < -0.3 is 14.7 Å². The Hall–Kier alpha value is -1.33. The summed E-state index contributed by atoms with van der Waals surface area (Å²) in [5.41, 5.74) is 0.995. The van der Waals surface area contributed by atoms with Crippen molar-refractivity contribution in [3.63, 3.8) is 0 Å². The molecule has 0 bridgehead atoms. The van der Waals surface area contributed by atoms with Gasteiger partial charge in [0, 0.05) is 13.1 Å². The minimum absolute atomic E-state index is 0.194. The number of aliphatic hydroxyl groups is 1. The SMILES string of the molecule is CCOc1ccc2nc(N3CC(O)C3)sc2c1. The van der Waals surface area contributed by atoms with Gasteiger partial charge in [0.25, 0.3) is 0 Å². The molecule has 0 amide bonds. The molecule has 2 aromatic rings. The van der Waals surface area contributed by atoms with Crippen molar-refractivity contribution in [2.45, 2.75) is 13.0 Å². The predicted octanol–water partition coefficient (Wildman–Crippen LogP) is 1.88. The summed E-state index contributed by atoms with van der Waals surface area (Å²) in [5, 5.41) is 10.3. The summed E-state index contributed by atoms with van der Waals surface area (Å²) >= 11 is 1.65. The molecule has 1 aromatic carbocycles. The molecule has 1 aliphatic heterocycles. The van der Waals surface area contributed by atoms with E-state index in [0.717, 1.165) is 21.1 Å². The maximum atomic E-state index is 9.28. The number of rotatable bonds is 3. The van der Waals surface area contributed by atoms with E-state index in [-0.39, 0.29) is 6.10 Å². The van der Waals surface area contributed by atoms with Gasteiger partial charge in [-0.05, 0) is 25.1 Å². The zero-order valence-electron chi connectivity index (χ0n) is 9.59. The predicted molar refractivity (Wildman–Crippen MR) is 69.0 cm³/mol. The molecule has 2 heterocycles. The van der Waals surface area contributed by atoms with Gasteiger partial charge >= 0.3 is 0 Å². The topological polar surface area (TPSA) is 45.6 Å². The minimum atomic E-state index is -0.194. The van der Waals surface area contributed by atoms with E-state index in [1.807, 2.05) is 25.1 Å². The van der Waals surface area contributed by atoms with Gasteiger partial charge in [-0.3, -0.25) is 0 Å². The number of thiazole rings is 1. The largest absolute Gasteiger partial charge is 0.494 e. The fourth-order valence-electron chi connectivity index (χ4n) is 1.90. The molecular weight excluding hydrogens is 236 g/mol. The smallest absolute Gasteiger partial charge is 0.186 e. The number of fused-ring (bicyclic) bond motifs is 1. The van der Waals surface area contributed by atoms with Crippen LogP contribution in [-0.4, -0.2) is 35.9 Å². The molecule has 0 saturated carbocycles. The van der Waals surface area contributed by atoms with Crippen LogP contribution < -0.4 is 9.64 Å². The van der Waals surface area contributed by atoms with Crippen molar-refractivity contribution < 1.29 is 9.84 Å². The van der Waals surface area contributed by atoms with Crippen molar-refractivity contribution in [2.75, 3.05) is 24.6 Å². The highest BCUT2D eigenvalue weighted by Gasteiger charge is 2.26. The van der Waals surface area contributed by atoms with Gasteiger partial charge in [-0.2, -0.15) is 0 Å². The zero-order valence-corrected chi connectivity index (χ0v) is 10.4. The van der Waals surface area contributed by atoms with Crippen molar-refractivity contribution in [2.24, 2.45) is 0 Å². The van der Waals surface area contributed by atoms with Gasteiger partial charge in [0.1, 0.15) is 5.75 Å². The summed E-state index contributed by atoms with van der Waals surface area (Å²) < 4.78 is 6.60. The lowest BCUT2D eigenvalue weighted by atomic mass is 10.2. The van der Waals surface area contributed by atoms with E-state index in [2.05, 4.69) is 9.88 Å². The van der Waals surface area contributed by atoms with Crippen LogP contribution in [0.2, 0.25) is 0 Å². The second kappa shape index (κ2) is 4.16. The highest BCUT2D eigenvalue weighted by Crippen LogP contribution is 2.33. The normalized spacial score (nSPS) is 16.2. The molecule has 0 aliphatic carbocycles. The first-order chi connectivity index (χ1) is 8.26. The fraction of sp³-hybridized carbons (Fsp3) is 0.417. The first-order valence-electron chi connectivity index (χ1n) is 5.72. The molecule has 0 atom stereocenters. The van der Waals surface area contributed by atoms with E-state index in [4.69, 9.17) is 4.74 Å². The second-order valence-corrected chi connectivity index (χ2v) is 5.13. The summed E-state index contributed by atoms with van der Waals surface area (Å²) in [7, 11) is 0. The number of aliphatic hydroxyl groups excluding tert-OH is 1. The van der Waals surface area contributed by atoms with Gasteiger partial charge in [0.05, 0.1) is 22.9 Å². The Morgan fingerprint density at radius 3 is 3.06 bits per heavy atom. The zero-order chi connectivity index (χ0) is 11.8. The molecule has 0 radical (unpaired) electrons. The molecule has 0 unspecified atom stereocenters. The summed E-state index contributed by atoms with van der Waals surface area (Å²) in [4.78, 5) is 6.64. The van der Waals surface area contributed by atoms with E-state index in [0.29, 0.717) is 19.7 Å². The summed E-state index contributed by atoms with van der Waals surface area (Å²) in [6, 6.07) is 5.95. The standard InChI is InChI=1S/C12H14N2O2S/c1-2-16-9-3-4-10-11(5-9)17-12(13-10)14-6-8(15)7-14/h3-5,8,15H,2,6-7H2,1H3. The van der Waals surface area contributed by atoms with Crippen LogP contribution in [0.4, 0.5) is 5.13 Å². The lowest BCUT2D eigenvalue weighted by molar-refractivity contribution is 0.142. The van der Waals surface area contributed by atoms with Gasteiger partial charge in [-0.15, -0.1) is 0 Å². The monoisotopic (exact) mass is 250 g/mol. The Labute approximate surface area is 103 Å². The quantitative estimate of drug-likeness (QED) is 0.903. The maximum Gasteiger partial charge on any atom is 0.186 e. The number of hydrogen-bond donors (Lipinski definition) is 1. The summed E-state index contributed by atoms with van der Waals surface area (Å²) in [6.45, 7) is 4.04. The van der Waals surface area contributed by atoms with Crippen molar-refractivity contribution in [1.29, 1.82) is 0 Å². The van der Waals surface area contributed by atoms with Crippen molar-refractivity contribution in [3.05, 3.63) is 18.2 Å². The van der Waals surface area contributed by atoms with E-state index < -0.39 is 0 Å². The number of nitrogens with zero attached hydrogens (tertiary/aromatic N) is 2. The first-order valence-corrected chi connectivity index (χ1v) is 6.54. The van der Waals surface area contributed by atoms with Gasteiger partial charge in [-0.1, -0.05) is 11.3 Å². The Morgan fingerprint density at radius 2 is 2.35 bits per heavy atom. The van der Waals surface area contributed by atoms with Crippen LogP contribution in [-0.2, 0) is 0 Å². The lowest BCUT2D eigenvalue weighted by Gasteiger charge is -2.35. The van der Waals surface area contributed by atoms with Crippen molar-refractivity contribution >= 4 is 26.7 Å². The third-order valence-electron chi connectivity index (χ3n) is 2.79. The van der Waals surface area contributed by atoms with Crippen LogP contribution in [0, 0.1) is 0 Å². The second-order valence-electron chi connectivity index (χ2n) is 4.12. The molecule has 3 rings (SSSR count). The molecule has 0 spiro atoms. The number of aromatic nitrogens is 1. The molecule has 5 heteroatoms. The maximum absolute atomic E-state index is 9.28. The van der Waals surface area contributed by atoms with E-state index in [1.165, 1.54) is 0 Å². The highest BCUT2D eigenvalue weighted by atomic mass is 32.1. The Kier molecular flexibility index (Phi) is 2.64. The number of benzene rings is 1. The molecule has 1 fully saturated rings. The molecule has 1 aromatic heterocycles. The first kappa shape index (κ1) is 10.8. The lowest BCUT2D eigenvalue weighted by Crippen LogP contribution is -2.50.